The zero-order valence-electron chi connectivity index (χ0n) is 10.0. The lowest BCUT2D eigenvalue weighted by atomic mass is 10.3. The molecule has 0 radical (unpaired) electrons. The van der Waals surface area contributed by atoms with Crippen molar-refractivity contribution in [3.05, 3.63) is 23.2 Å². The van der Waals surface area contributed by atoms with Crippen LogP contribution in [0.25, 0.3) is 0 Å². The number of nitrogens with two attached hydrogens (primary N) is 1. The van der Waals surface area contributed by atoms with Crippen LogP contribution in [-0.4, -0.2) is 30.2 Å². The summed E-state index contributed by atoms with van der Waals surface area (Å²) in [6.07, 6.45) is 0.343. The average Bonchev–Trinajstić information content (AvgIpc) is 2.34. The molecule has 0 aliphatic heterocycles. The van der Waals surface area contributed by atoms with Gasteiger partial charge in [0, 0.05) is 29.2 Å². The van der Waals surface area contributed by atoms with Crippen molar-refractivity contribution in [1.29, 1.82) is 5.26 Å². The number of nitriles is 1. The molecule has 1 rings (SSSR count). The minimum atomic E-state index is -0.0235. The Morgan fingerprint density at radius 1 is 1.61 bits per heavy atom. The average molecular weight is 284 g/mol. The number of nitrogens with zero attached hydrogens (tertiary/aromatic N) is 2. The van der Waals surface area contributed by atoms with E-state index in [1.165, 1.54) is 11.8 Å². The predicted octanol–water partition coefficient (Wildman–Crippen LogP) is 2.39. The minimum Gasteiger partial charge on any atom is -0.398 e. The Morgan fingerprint density at radius 3 is 2.94 bits per heavy atom. The lowest BCUT2D eigenvalue weighted by Gasteiger charge is -2.15. The summed E-state index contributed by atoms with van der Waals surface area (Å²) in [7, 11) is 1.69. The van der Waals surface area contributed by atoms with Gasteiger partial charge in [-0.1, -0.05) is 11.6 Å². The summed E-state index contributed by atoms with van der Waals surface area (Å²) >= 11 is 7.16. The van der Waals surface area contributed by atoms with E-state index in [2.05, 4.69) is 0 Å². The van der Waals surface area contributed by atoms with Crippen LogP contribution in [0.2, 0.25) is 5.02 Å². The molecule has 1 aromatic carbocycles. The van der Waals surface area contributed by atoms with Crippen molar-refractivity contribution in [3.8, 4) is 6.07 Å². The maximum Gasteiger partial charge on any atom is 0.232 e. The molecule has 0 aliphatic carbocycles. The fourth-order valence-corrected chi connectivity index (χ4v) is 2.31. The second-order valence-corrected chi connectivity index (χ2v) is 5.15. The van der Waals surface area contributed by atoms with Crippen LogP contribution >= 0.6 is 23.4 Å². The van der Waals surface area contributed by atoms with Crippen LogP contribution < -0.4 is 5.73 Å². The van der Waals surface area contributed by atoms with Gasteiger partial charge in [-0.3, -0.25) is 4.79 Å². The van der Waals surface area contributed by atoms with Gasteiger partial charge in [-0.25, -0.2) is 0 Å². The first-order chi connectivity index (χ1) is 8.54. The highest BCUT2D eigenvalue weighted by Crippen LogP contribution is 2.27. The third kappa shape index (κ3) is 4.47. The van der Waals surface area contributed by atoms with Crippen LogP contribution in [0.15, 0.2) is 23.1 Å². The summed E-state index contributed by atoms with van der Waals surface area (Å²) in [6.45, 7) is 0.450. The lowest BCUT2D eigenvalue weighted by molar-refractivity contribution is -0.127. The smallest absolute Gasteiger partial charge is 0.232 e. The number of rotatable bonds is 5. The van der Waals surface area contributed by atoms with Gasteiger partial charge in [0.2, 0.25) is 5.91 Å². The minimum absolute atomic E-state index is 0.0235. The second kappa shape index (κ2) is 7.14. The normalized spacial score (nSPS) is 9.83. The zero-order chi connectivity index (χ0) is 13.5. The number of amides is 1. The molecule has 0 fully saturated rings. The summed E-state index contributed by atoms with van der Waals surface area (Å²) in [5.41, 5.74) is 6.36. The van der Waals surface area contributed by atoms with Gasteiger partial charge in [-0.2, -0.15) is 5.26 Å². The first-order valence-electron chi connectivity index (χ1n) is 5.33. The number of hydrogen-bond acceptors (Lipinski definition) is 4. The fourth-order valence-electron chi connectivity index (χ4n) is 1.24. The van der Waals surface area contributed by atoms with E-state index < -0.39 is 0 Å². The Morgan fingerprint density at radius 2 is 2.33 bits per heavy atom. The number of carbonyl (C=O) groups excluding carboxylic acids is 1. The summed E-state index contributed by atoms with van der Waals surface area (Å²) in [6, 6.07) is 7.20. The summed E-state index contributed by atoms with van der Waals surface area (Å²) in [4.78, 5) is 14.1. The topological polar surface area (TPSA) is 70.1 Å². The Hall–Kier alpha value is -1.38. The first kappa shape index (κ1) is 14.7. The molecular formula is C12H14ClN3OS. The van der Waals surface area contributed by atoms with Gasteiger partial charge in [-0.15, -0.1) is 11.8 Å². The van der Waals surface area contributed by atoms with Crippen molar-refractivity contribution in [2.45, 2.75) is 11.3 Å². The van der Waals surface area contributed by atoms with Crippen molar-refractivity contribution in [2.75, 3.05) is 25.1 Å². The molecule has 0 spiro atoms. The van der Waals surface area contributed by atoms with Gasteiger partial charge in [0.15, 0.2) is 0 Å². The molecule has 0 saturated heterocycles. The zero-order valence-corrected chi connectivity index (χ0v) is 11.6. The number of hydrogen-bond donors (Lipinski definition) is 1. The number of benzene rings is 1. The molecule has 1 amide bonds. The highest BCUT2D eigenvalue weighted by Gasteiger charge is 2.10. The summed E-state index contributed by atoms with van der Waals surface area (Å²) < 4.78 is 0. The molecule has 0 heterocycles. The first-order valence-corrected chi connectivity index (χ1v) is 6.69. The van der Waals surface area contributed by atoms with Crippen LogP contribution in [-0.2, 0) is 4.79 Å². The molecule has 18 heavy (non-hydrogen) atoms. The van der Waals surface area contributed by atoms with Crippen molar-refractivity contribution < 1.29 is 4.79 Å². The molecule has 4 nitrogen and oxygen atoms in total. The maximum atomic E-state index is 11.7. The maximum absolute atomic E-state index is 11.7. The van der Waals surface area contributed by atoms with Crippen molar-refractivity contribution in [2.24, 2.45) is 0 Å². The van der Waals surface area contributed by atoms with Crippen molar-refractivity contribution in [3.63, 3.8) is 0 Å². The molecule has 0 bridgehead atoms. The third-order valence-electron chi connectivity index (χ3n) is 2.31. The number of anilines is 1. The Labute approximate surface area is 116 Å². The van der Waals surface area contributed by atoms with Crippen LogP contribution in [0.3, 0.4) is 0 Å². The molecule has 96 valence electrons. The highest BCUT2D eigenvalue weighted by atomic mass is 35.5. The van der Waals surface area contributed by atoms with Gasteiger partial charge in [0.25, 0.3) is 0 Å². The summed E-state index contributed by atoms with van der Waals surface area (Å²) in [5.74, 6) is 0.276. The van der Waals surface area contributed by atoms with E-state index >= 15 is 0 Å². The molecule has 6 heteroatoms. The number of halogens is 1. The SMILES string of the molecule is CN(CCC#N)C(=O)CSc1ccc(Cl)cc1N. The van der Waals surface area contributed by atoms with E-state index in [4.69, 9.17) is 22.6 Å². The van der Waals surface area contributed by atoms with Crippen LogP contribution in [0, 0.1) is 11.3 Å². The van der Waals surface area contributed by atoms with E-state index in [1.54, 1.807) is 30.1 Å². The van der Waals surface area contributed by atoms with Crippen molar-refractivity contribution in [1.82, 2.24) is 4.90 Å². The van der Waals surface area contributed by atoms with Gasteiger partial charge in [-0.05, 0) is 18.2 Å². The van der Waals surface area contributed by atoms with E-state index in [9.17, 15) is 4.79 Å². The summed E-state index contributed by atoms with van der Waals surface area (Å²) in [5, 5.41) is 9.02. The van der Waals surface area contributed by atoms with Crippen LogP contribution in [0.4, 0.5) is 5.69 Å². The molecule has 0 atom stereocenters. The number of nitrogen functional groups attached to an aromatic ring is 1. The molecule has 0 unspecified atom stereocenters. The van der Waals surface area contributed by atoms with E-state index in [1.807, 2.05) is 6.07 Å². The number of thioether (sulfide) groups is 1. The molecule has 0 aromatic heterocycles. The highest BCUT2D eigenvalue weighted by molar-refractivity contribution is 8.00. The standard InChI is InChI=1S/C12H14ClN3OS/c1-16(6-2-5-14)12(17)8-18-11-4-3-9(13)7-10(11)15/h3-4,7H,2,6,8,15H2,1H3. The van der Waals surface area contributed by atoms with Gasteiger partial charge in [0.1, 0.15) is 0 Å². The van der Waals surface area contributed by atoms with Crippen LogP contribution in [0.1, 0.15) is 6.42 Å². The Bertz CT molecular complexity index is 473. The fraction of sp³-hybridized carbons (Fsp3) is 0.333. The van der Waals surface area contributed by atoms with Crippen LogP contribution in [0.5, 0.6) is 0 Å². The van der Waals surface area contributed by atoms with E-state index in [0.717, 1.165) is 4.90 Å². The Balaban J connectivity index is 2.50. The quantitative estimate of drug-likeness (QED) is 0.665. The molecule has 2 N–H and O–H groups in total. The number of carbonyl (C=O) groups is 1. The predicted molar refractivity (Wildman–Crippen MR) is 74.5 cm³/mol. The van der Waals surface area contributed by atoms with Gasteiger partial charge in [0.05, 0.1) is 18.2 Å². The van der Waals surface area contributed by atoms with Gasteiger partial charge >= 0.3 is 0 Å². The van der Waals surface area contributed by atoms with E-state index in [-0.39, 0.29) is 5.91 Å². The molecule has 0 saturated carbocycles. The second-order valence-electron chi connectivity index (χ2n) is 3.69. The largest absolute Gasteiger partial charge is 0.398 e. The van der Waals surface area contributed by atoms with E-state index in [0.29, 0.717) is 29.4 Å². The third-order valence-corrected chi connectivity index (χ3v) is 3.62. The molecule has 0 aliphatic rings. The van der Waals surface area contributed by atoms with Gasteiger partial charge < -0.3 is 10.6 Å². The monoisotopic (exact) mass is 283 g/mol. The molecule has 1 aromatic rings. The lowest BCUT2D eigenvalue weighted by Crippen LogP contribution is -2.29. The van der Waals surface area contributed by atoms with Crippen molar-refractivity contribution >= 4 is 35.0 Å². The Kier molecular flexibility index (Phi) is 5.83. The molecular weight excluding hydrogens is 270 g/mol.